The molecule has 0 bridgehead atoms. The van der Waals surface area contributed by atoms with Crippen LogP contribution in [0.3, 0.4) is 0 Å². The first-order valence-electron chi connectivity index (χ1n) is 8.00. The molecule has 1 aliphatic rings. The lowest BCUT2D eigenvalue weighted by molar-refractivity contribution is -0.384. The van der Waals surface area contributed by atoms with Gasteiger partial charge in [0.1, 0.15) is 0 Å². The van der Waals surface area contributed by atoms with Gasteiger partial charge in [0, 0.05) is 36.1 Å². The van der Waals surface area contributed by atoms with Gasteiger partial charge in [0.05, 0.1) is 20.5 Å². The van der Waals surface area contributed by atoms with Crippen LogP contribution in [0.4, 0.5) is 11.4 Å². The molecule has 1 aliphatic heterocycles. The normalized spacial score (nSPS) is 15.2. The molecule has 0 radical (unpaired) electrons. The lowest BCUT2D eigenvalue weighted by Crippen LogP contribution is -2.44. The van der Waals surface area contributed by atoms with Crippen molar-refractivity contribution in [3.63, 3.8) is 0 Å². The first-order chi connectivity index (χ1) is 11.9. The molecular weight excluding hydrogens is 362 g/mol. The van der Waals surface area contributed by atoms with Crippen LogP contribution in [-0.4, -0.2) is 30.0 Å². The quantitative estimate of drug-likeness (QED) is 0.643. The maximum Gasteiger partial charge on any atom is 0.271 e. The molecule has 0 saturated carbocycles. The standard InChI is InChI=1S/C17H18ClN3O3S/c1-11-2-5-16(25-11)17(22)19-12-6-8-20(9-7-12)15-4-3-13(21(23)24)10-14(15)18/h2-5,10,12H,6-9H2,1H3,(H,19,22). The van der Waals surface area contributed by atoms with Crippen molar-refractivity contribution in [3.8, 4) is 0 Å². The van der Waals surface area contributed by atoms with Crippen LogP contribution in [0.25, 0.3) is 0 Å². The second kappa shape index (κ2) is 7.41. The van der Waals surface area contributed by atoms with Crippen LogP contribution in [0.2, 0.25) is 5.02 Å². The van der Waals surface area contributed by atoms with E-state index < -0.39 is 4.92 Å². The Morgan fingerprint density at radius 1 is 1.32 bits per heavy atom. The first kappa shape index (κ1) is 17.7. The van der Waals surface area contributed by atoms with E-state index in [2.05, 4.69) is 10.2 Å². The predicted octanol–water partition coefficient (Wildman–Crippen LogP) is 4.02. The number of anilines is 1. The number of amides is 1. The van der Waals surface area contributed by atoms with Gasteiger partial charge in [-0.1, -0.05) is 11.6 Å². The van der Waals surface area contributed by atoms with E-state index in [9.17, 15) is 14.9 Å². The van der Waals surface area contributed by atoms with E-state index in [0.29, 0.717) is 5.02 Å². The highest BCUT2D eigenvalue weighted by atomic mass is 35.5. The Kier molecular flexibility index (Phi) is 5.24. The smallest absolute Gasteiger partial charge is 0.271 e. The van der Waals surface area contributed by atoms with Gasteiger partial charge in [-0.05, 0) is 38.0 Å². The molecule has 0 aliphatic carbocycles. The molecule has 0 spiro atoms. The number of nitrogens with one attached hydrogen (secondary N) is 1. The molecule has 6 nitrogen and oxygen atoms in total. The summed E-state index contributed by atoms with van der Waals surface area (Å²) in [5.74, 6) is -0.0232. The number of halogens is 1. The Bertz CT molecular complexity index is 800. The van der Waals surface area contributed by atoms with Gasteiger partial charge in [-0.25, -0.2) is 0 Å². The molecule has 0 atom stereocenters. The van der Waals surface area contributed by atoms with Gasteiger partial charge in [0.15, 0.2) is 0 Å². The Morgan fingerprint density at radius 2 is 2.04 bits per heavy atom. The Morgan fingerprint density at radius 3 is 2.60 bits per heavy atom. The second-order valence-corrected chi connectivity index (χ2v) is 7.73. The number of nitro benzene ring substituents is 1. The molecule has 3 rings (SSSR count). The third kappa shape index (κ3) is 4.11. The number of piperidine rings is 1. The number of nitro groups is 1. The molecule has 0 unspecified atom stereocenters. The van der Waals surface area contributed by atoms with Crippen LogP contribution in [0.1, 0.15) is 27.4 Å². The summed E-state index contributed by atoms with van der Waals surface area (Å²) < 4.78 is 0. The molecule has 25 heavy (non-hydrogen) atoms. The number of carbonyl (C=O) groups is 1. The highest BCUT2D eigenvalue weighted by molar-refractivity contribution is 7.13. The minimum absolute atomic E-state index is 0.0119. The van der Waals surface area contributed by atoms with E-state index in [-0.39, 0.29) is 17.6 Å². The van der Waals surface area contributed by atoms with Crippen molar-refractivity contribution >= 4 is 40.2 Å². The van der Waals surface area contributed by atoms with E-state index in [4.69, 9.17) is 11.6 Å². The van der Waals surface area contributed by atoms with E-state index >= 15 is 0 Å². The summed E-state index contributed by atoms with van der Waals surface area (Å²) >= 11 is 7.69. The summed E-state index contributed by atoms with van der Waals surface area (Å²) in [4.78, 5) is 26.5. The van der Waals surface area contributed by atoms with Crippen LogP contribution in [-0.2, 0) is 0 Å². The Labute approximate surface area is 154 Å². The number of aryl methyl sites for hydroxylation is 1. The summed E-state index contributed by atoms with van der Waals surface area (Å²) in [6, 6.07) is 8.45. The van der Waals surface area contributed by atoms with Crippen molar-refractivity contribution in [3.05, 3.63) is 55.2 Å². The van der Waals surface area contributed by atoms with Crippen LogP contribution >= 0.6 is 22.9 Å². The highest BCUT2D eigenvalue weighted by Crippen LogP contribution is 2.31. The number of carbonyl (C=O) groups excluding carboxylic acids is 1. The number of non-ortho nitro benzene ring substituents is 1. The average Bonchev–Trinajstić information content (AvgIpc) is 3.02. The van der Waals surface area contributed by atoms with E-state index in [1.165, 1.54) is 23.5 Å². The Balaban J connectivity index is 1.58. The van der Waals surface area contributed by atoms with Gasteiger partial charge in [-0.3, -0.25) is 14.9 Å². The molecule has 2 aromatic rings. The van der Waals surface area contributed by atoms with Gasteiger partial charge in [-0.15, -0.1) is 11.3 Å². The topological polar surface area (TPSA) is 75.5 Å². The summed E-state index contributed by atoms with van der Waals surface area (Å²) in [5, 5.41) is 14.3. The molecule has 1 N–H and O–H groups in total. The number of hydrogen-bond donors (Lipinski definition) is 1. The van der Waals surface area contributed by atoms with Crippen LogP contribution in [0.15, 0.2) is 30.3 Å². The molecule has 1 fully saturated rings. The van der Waals surface area contributed by atoms with Crippen molar-refractivity contribution in [2.45, 2.75) is 25.8 Å². The second-order valence-electron chi connectivity index (χ2n) is 6.04. The van der Waals surface area contributed by atoms with Gasteiger partial charge >= 0.3 is 0 Å². The highest BCUT2D eigenvalue weighted by Gasteiger charge is 2.23. The third-order valence-corrected chi connectivity index (χ3v) is 5.58. The van der Waals surface area contributed by atoms with Crippen LogP contribution in [0, 0.1) is 17.0 Å². The van der Waals surface area contributed by atoms with E-state index in [1.807, 2.05) is 19.1 Å². The summed E-state index contributed by atoms with van der Waals surface area (Å²) in [7, 11) is 0. The molecule has 132 valence electrons. The number of benzene rings is 1. The van der Waals surface area contributed by atoms with E-state index in [1.54, 1.807) is 6.07 Å². The molecule has 1 aromatic heterocycles. The summed E-state index contributed by atoms with van der Waals surface area (Å²) in [5.41, 5.74) is 0.785. The molecule has 1 saturated heterocycles. The van der Waals surface area contributed by atoms with Gasteiger partial charge in [0.25, 0.3) is 11.6 Å². The van der Waals surface area contributed by atoms with Crippen molar-refractivity contribution in [1.29, 1.82) is 0 Å². The SMILES string of the molecule is Cc1ccc(C(=O)NC2CCN(c3ccc([N+](=O)[O-])cc3Cl)CC2)s1. The van der Waals surface area contributed by atoms with Crippen LogP contribution < -0.4 is 10.2 Å². The summed E-state index contributed by atoms with van der Waals surface area (Å²) in [6.45, 7) is 3.46. The molecule has 1 amide bonds. The number of nitrogens with zero attached hydrogens (tertiary/aromatic N) is 2. The van der Waals surface area contributed by atoms with Gasteiger partial charge < -0.3 is 10.2 Å². The van der Waals surface area contributed by atoms with Gasteiger partial charge in [0.2, 0.25) is 0 Å². The maximum atomic E-state index is 12.2. The maximum absolute atomic E-state index is 12.2. The monoisotopic (exact) mass is 379 g/mol. The van der Waals surface area contributed by atoms with E-state index in [0.717, 1.165) is 41.4 Å². The first-order valence-corrected chi connectivity index (χ1v) is 9.19. The fraction of sp³-hybridized carbons (Fsp3) is 0.353. The van der Waals surface area contributed by atoms with Crippen molar-refractivity contribution in [1.82, 2.24) is 5.32 Å². The summed E-state index contributed by atoms with van der Waals surface area (Å²) in [6.07, 6.45) is 1.62. The minimum atomic E-state index is -0.455. The Hall–Kier alpha value is -2.12. The molecule has 8 heteroatoms. The number of rotatable bonds is 4. The number of thiophene rings is 1. The van der Waals surface area contributed by atoms with Crippen molar-refractivity contribution in [2.24, 2.45) is 0 Å². The zero-order valence-electron chi connectivity index (χ0n) is 13.7. The molecule has 2 heterocycles. The van der Waals surface area contributed by atoms with Crippen molar-refractivity contribution < 1.29 is 9.72 Å². The largest absolute Gasteiger partial charge is 0.370 e. The zero-order chi connectivity index (χ0) is 18.0. The zero-order valence-corrected chi connectivity index (χ0v) is 15.3. The van der Waals surface area contributed by atoms with Crippen molar-refractivity contribution in [2.75, 3.05) is 18.0 Å². The predicted molar refractivity (Wildman–Crippen MR) is 99.9 cm³/mol. The van der Waals surface area contributed by atoms with Crippen LogP contribution in [0.5, 0.6) is 0 Å². The fourth-order valence-corrected chi connectivity index (χ4v) is 4.01. The number of hydrogen-bond acceptors (Lipinski definition) is 5. The third-order valence-electron chi connectivity index (χ3n) is 4.28. The molecule has 1 aromatic carbocycles. The van der Waals surface area contributed by atoms with Gasteiger partial charge in [-0.2, -0.15) is 0 Å². The minimum Gasteiger partial charge on any atom is -0.370 e. The average molecular weight is 380 g/mol. The lowest BCUT2D eigenvalue weighted by atomic mass is 10.0. The molecular formula is C17H18ClN3O3S. The fourth-order valence-electron chi connectivity index (χ4n) is 2.94. The lowest BCUT2D eigenvalue weighted by Gasteiger charge is -2.34.